The van der Waals surface area contributed by atoms with Crippen molar-refractivity contribution in [2.45, 2.75) is 20.3 Å². The number of nitrogens with one attached hydrogen (secondary N) is 2. The third-order valence-corrected chi connectivity index (χ3v) is 2.84. The van der Waals surface area contributed by atoms with E-state index < -0.39 is 5.82 Å². The van der Waals surface area contributed by atoms with Gasteiger partial charge in [0.25, 0.3) is 0 Å². The lowest BCUT2D eigenvalue weighted by Crippen LogP contribution is -2.29. The first-order valence-corrected chi connectivity index (χ1v) is 6.91. The number of hydrogen-bond acceptors (Lipinski definition) is 3. The highest BCUT2D eigenvalue weighted by atomic mass is 32.1. The van der Waals surface area contributed by atoms with E-state index in [0.717, 1.165) is 0 Å². The number of benzene rings is 1. The van der Waals surface area contributed by atoms with Gasteiger partial charge >= 0.3 is 0 Å². The van der Waals surface area contributed by atoms with Crippen LogP contribution in [0.2, 0.25) is 0 Å². The number of halogens is 1. The molecule has 1 aromatic carbocycles. The number of nitrogens with two attached hydrogens (primary N) is 1. The molecule has 0 saturated carbocycles. The van der Waals surface area contributed by atoms with E-state index in [9.17, 15) is 9.18 Å². The molecule has 4 nitrogen and oxygen atoms in total. The molecule has 0 unspecified atom stereocenters. The second kappa shape index (κ2) is 7.79. The summed E-state index contributed by atoms with van der Waals surface area (Å²) in [6.45, 7) is 5.10. The van der Waals surface area contributed by atoms with Crippen molar-refractivity contribution in [3.63, 3.8) is 0 Å². The number of carbonyl (C=O) groups excluding carboxylic acids is 1. The van der Waals surface area contributed by atoms with Gasteiger partial charge < -0.3 is 16.4 Å². The molecule has 0 aliphatic carbocycles. The van der Waals surface area contributed by atoms with Crippen LogP contribution in [0.25, 0.3) is 0 Å². The van der Waals surface area contributed by atoms with Gasteiger partial charge in [0.2, 0.25) is 5.91 Å². The van der Waals surface area contributed by atoms with Gasteiger partial charge in [-0.05, 0) is 18.1 Å². The maximum atomic E-state index is 13.6. The fourth-order valence-corrected chi connectivity index (χ4v) is 1.85. The fraction of sp³-hybridized carbons (Fsp3) is 0.429. The Bertz CT molecular complexity index is 491. The first-order valence-electron chi connectivity index (χ1n) is 6.50. The average Bonchev–Trinajstić information content (AvgIpc) is 2.36. The summed E-state index contributed by atoms with van der Waals surface area (Å²) in [6, 6.07) is 4.55. The summed E-state index contributed by atoms with van der Waals surface area (Å²) in [7, 11) is 0. The van der Waals surface area contributed by atoms with Crippen molar-refractivity contribution >= 4 is 28.8 Å². The molecule has 0 radical (unpaired) electrons. The number of amides is 1. The van der Waals surface area contributed by atoms with Gasteiger partial charge in [-0.1, -0.05) is 32.1 Å². The van der Waals surface area contributed by atoms with Gasteiger partial charge in [0.15, 0.2) is 0 Å². The molecule has 0 aromatic heterocycles. The maximum Gasteiger partial charge on any atom is 0.221 e. The lowest BCUT2D eigenvalue weighted by Gasteiger charge is -2.12. The molecule has 0 saturated heterocycles. The molecule has 0 bridgehead atoms. The van der Waals surface area contributed by atoms with Crippen molar-refractivity contribution in [2.24, 2.45) is 11.7 Å². The zero-order valence-corrected chi connectivity index (χ0v) is 12.5. The minimum atomic E-state index is -0.466. The van der Waals surface area contributed by atoms with Crippen LogP contribution in [0.4, 0.5) is 10.1 Å². The quantitative estimate of drug-likeness (QED) is 0.674. The van der Waals surface area contributed by atoms with Crippen LogP contribution < -0.4 is 16.4 Å². The molecule has 0 atom stereocenters. The van der Waals surface area contributed by atoms with E-state index in [-0.39, 0.29) is 16.5 Å². The van der Waals surface area contributed by atoms with Crippen LogP contribution >= 0.6 is 12.2 Å². The highest BCUT2D eigenvalue weighted by Crippen LogP contribution is 2.18. The molecule has 1 rings (SSSR count). The molecule has 6 heteroatoms. The van der Waals surface area contributed by atoms with E-state index in [1.165, 1.54) is 6.07 Å². The molecular formula is C14H20FN3OS. The van der Waals surface area contributed by atoms with E-state index in [1.807, 2.05) is 13.8 Å². The van der Waals surface area contributed by atoms with Crippen molar-refractivity contribution in [3.8, 4) is 0 Å². The van der Waals surface area contributed by atoms with Crippen molar-refractivity contribution in [3.05, 3.63) is 29.6 Å². The monoisotopic (exact) mass is 297 g/mol. The fourth-order valence-electron chi connectivity index (χ4n) is 1.64. The van der Waals surface area contributed by atoms with Crippen LogP contribution in [-0.4, -0.2) is 24.0 Å². The Morgan fingerprint density at radius 1 is 1.45 bits per heavy atom. The molecular weight excluding hydrogens is 277 g/mol. The van der Waals surface area contributed by atoms with Crippen LogP contribution in [0.3, 0.4) is 0 Å². The normalized spacial score (nSPS) is 10.4. The van der Waals surface area contributed by atoms with Crippen LogP contribution in [0.15, 0.2) is 18.2 Å². The Balaban J connectivity index is 2.52. The summed E-state index contributed by atoms with van der Waals surface area (Å²) in [4.78, 5) is 11.5. The lowest BCUT2D eigenvalue weighted by molar-refractivity contribution is -0.120. The highest BCUT2D eigenvalue weighted by Gasteiger charge is 2.11. The molecule has 0 heterocycles. The summed E-state index contributed by atoms with van der Waals surface area (Å²) in [5, 5.41) is 5.80. The van der Waals surface area contributed by atoms with Crippen molar-refractivity contribution < 1.29 is 9.18 Å². The Labute approximate surface area is 123 Å². The third kappa shape index (κ3) is 5.13. The number of anilines is 1. The standard InChI is InChI=1S/C14H20FN3OS/c1-9(2)8-18-12(19)6-7-17-11-5-3-4-10(15)13(11)14(16)20/h3-5,9,17H,6-8H2,1-2H3,(H2,16,20)(H,18,19). The molecule has 0 fully saturated rings. The predicted molar refractivity (Wildman–Crippen MR) is 83.2 cm³/mol. The van der Waals surface area contributed by atoms with Crippen LogP contribution in [0, 0.1) is 11.7 Å². The highest BCUT2D eigenvalue weighted by molar-refractivity contribution is 7.80. The van der Waals surface area contributed by atoms with Crippen molar-refractivity contribution in [1.29, 1.82) is 0 Å². The van der Waals surface area contributed by atoms with Crippen LogP contribution in [0.5, 0.6) is 0 Å². The summed E-state index contributed by atoms with van der Waals surface area (Å²) in [5.74, 6) is -0.0948. The summed E-state index contributed by atoms with van der Waals surface area (Å²) >= 11 is 4.83. The van der Waals surface area contributed by atoms with Crippen LogP contribution in [0.1, 0.15) is 25.8 Å². The summed E-state index contributed by atoms with van der Waals surface area (Å²) in [5.41, 5.74) is 6.19. The third-order valence-electron chi connectivity index (χ3n) is 2.64. The van der Waals surface area contributed by atoms with E-state index in [1.54, 1.807) is 12.1 Å². The van der Waals surface area contributed by atoms with Gasteiger partial charge in [0.05, 0.1) is 5.56 Å². The summed E-state index contributed by atoms with van der Waals surface area (Å²) in [6.07, 6.45) is 0.306. The lowest BCUT2D eigenvalue weighted by atomic mass is 10.1. The second-order valence-electron chi connectivity index (χ2n) is 4.90. The van der Waals surface area contributed by atoms with Gasteiger partial charge in [-0.2, -0.15) is 0 Å². The molecule has 20 heavy (non-hydrogen) atoms. The maximum absolute atomic E-state index is 13.6. The van der Waals surface area contributed by atoms with Gasteiger partial charge in [-0.15, -0.1) is 0 Å². The molecule has 0 spiro atoms. The Kier molecular flexibility index (Phi) is 6.38. The first-order chi connectivity index (χ1) is 9.41. The Hall–Kier alpha value is -1.69. The average molecular weight is 297 g/mol. The zero-order valence-electron chi connectivity index (χ0n) is 11.7. The molecule has 110 valence electrons. The smallest absolute Gasteiger partial charge is 0.221 e. The molecule has 1 aromatic rings. The van der Waals surface area contributed by atoms with Gasteiger partial charge in [-0.3, -0.25) is 4.79 Å². The molecule has 4 N–H and O–H groups in total. The SMILES string of the molecule is CC(C)CNC(=O)CCNc1cccc(F)c1C(N)=S. The van der Waals surface area contributed by atoms with Crippen LogP contribution in [-0.2, 0) is 4.79 Å². The summed E-state index contributed by atoms with van der Waals surface area (Å²) < 4.78 is 13.6. The topological polar surface area (TPSA) is 67.2 Å². The second-order valence-corrected chi connectivity index (χ2v) is 5.34. The van der Waals surface area contributed by atoms with Gasteiger partial charge in [-0.25, -0.2) is 4.39 Å². The minimum absolute atomic E-state index is 0.00476. The van der Waals surface area contributed by atoms with Crippen molar-refractivity contribution in [2.75, 3.05) is 18.4 Å². The number of rotatable bonds is 7. The van der Waals surface area contributed by atoms with Gasteiger partial charge in [0.1, 0.15) is 10.8 Å². The molecule has 0 aliphatic rings. The number of hydrogen-bond donors (Lipinski definition) is 3. The first kappa shape index (κ1) is 16.4. The number of carbonyl (C=O) groups is 1. The predicted octanol–water partition coefficient (Wildman–Crippen LogP) is 2.03. The molecule has 1 amide bonds. The number of thiocarbonyl (C=S) groups is 1. The van der Waals surface area contributed by atoms with Crippen molar-refractivity contribution in [1.82, 2.24) is 5.32 Å². The zero-order chi connectivity index (χ0) is 15.1. The minimum Gasteiger partial charge on any atom is -0.389 e. The van der Waals surface area contributed by atoms with E-state index in [4.69, 9.17) is 18.0 Å². The largest absolute Gasteiger partial charge is 0.389 e. The van der Waals surface area contributed by atoms with E-state index >= 15 is 0 Å². The van der Waals surface area contributed by atoms with Gasteiger partial charge in [0, 0.05) is 25.2 Å². The Morgan fingerprint density at radius 3 is 2.75 bits per heavy atom. The molecule has 0 aliphatic heterocycles. The Morgan fingerprint density at radius 2 is 2.15 bits per heavy atom. The van der Waals surface area contributed by atoms with E-state index in [0.29, 0.717) is 31.1 Å². The van der Waals surface area contributed by atoms with E-state index in [2.05, 4.69) is 10.6 Å².